The molecule has 0 fully saturated rings. The zero-order chi connectivity index (χ0) is 11.0. The molecule has 0 amide bonds. The lowest BCUT2D eigenvalue weighted by Crippen LogP contribution is -2.25. The smallest absolute Gasteiger partial charge is 0.0172 e. The Bertz CT molecular complexity index is 152. The number of hydrogen-bond acceptors (Lipinski definition) is 2. The maximum atomic E-state index is 4.06. The van der Waals surface area contributed by atoms with Crippen LogP contribution < -0.4 is 5.32 Å². The molecular weight excluding hydrogens is 190 g/mol. The average molecular weight is 215 g/mol. The molecule has 2 heteroatoms. The predicted octanol–water partition coefficient (Wildman–Crippen LogP) is 3.32. The molecule has 0 bridgehead atoms. The topological polar surface area (TPSA) is 12.0 Å². The molecule has 0 radical (unpaired) electrons. The minimum atomic E-state index is 0.562. The summed E-state index contributed by atoms with van der Waals surface area (Å²) >= 11 is 2.00. The minimum absolute atomic E-state index is 0.562. The predicted molar refractivity (Wildman–Crippen MR) is 69.1 cm³/mol. The third-order valence-electron chi connectivity index (χ3n) is 1.91. The third kappa shape index (κ3) is 10.1. The molecule has 0 aliphatic carbocycles. The van der Waals surface area contributed by atoms with Gasteiger partial charge in [0.05, 0.1) is 0 Å². The monoisotopic (exact) mass is 215 g/mol. The summed E-state index contributed by atoms with van der Waals surface area (Å²) in [6, 6.07) is 0.562. The zero-order valence-corrected chi connectivity index (χ0v) is 10.9. The van der Waals surface area contributed by atoms with Crippen LogP contribution >= 0.6 is 11.8 Å². The average Bonchev–Trinajstić information content (AvgIpc) is 2.08. The molecule has 0 aliphatic heterocycles. The van der Waals surface area contributed by atoms with Crippen molar-refractivity contribution in [1.29, 1.82) is 0 Å². The number of thioether (sulfide) groups is 1. The fourth-order valence-corrected chi connectivity index (χ4v) is 2.11. The van der Waals surface area contributed by atoms with Crippen molar-refractivity contribution in [3.63, 3.8) is 0 Å². The number of rotatable bonds is 8. The van der Waals surface area contributed by atoms with Crippen LogP contribution in [0.15, 0.2) is 12.2 Å². The van der Waals surface area contributed by atoms with Crippen LogP contribution in [0, 0.1) is 5.92 Å². The zero-order valence-electron chi connectivity index (χ0n) is 10.1. The molecule has 1 N–H and O–H groups in total. The maximum Gasteiger partial charge on any atom is 0.0172 e. The second-order valence-corrected chi connectivity index (χ2v) is 5.63. The van der Waals surface area contributed by atoms with Crippen molar-refractivity contribution in [2.24, 2.45) is 5.92 Å². The lowest BCUT2D eigenvalue weighted by Gasteiger charge is -2.10. The molecule has 0 atom stereocenters. The molecule has 0 unspecified atom stereocenters. The molecule has 0 aromatic heterocycles. The Hall–Kier alpha value is 0.0500. The first-order valence-corrected chi connectivity index (χ1v) is 6.65. The molecule has 0 aromatic carbocycles. The van der Waals surface area contributed by atoms with Gasteiger partial charge in [-0.3, -0.25) is 0 Å². The standard InChI is InChI=1S/C12H25NS/c1-10(2)6-7-14-9-12(5)8-13-11(3)4/h10-11,13H,5-9H2,1-4H3. The van der Waals surface area contributed by atoms with Crippen molar-refractivity contribution >= 4 is 11.8 Å². The van der Waals surface area contributed by atoms with E-state index in [1.165, 1.54) is 17.7 Å². The Balaban J connectivity index is 3.27. The summed E-state index contributed by atoms with van der Waals surface area (Å²) in [4.78, 5) is 0. The van der Waals surface area contributed by atoms with E-state index in [4.69, 9.17) is 0 Å². The van der Waals surface area contributed by atoms with E-state index in [0.717, 1.165) is 18.2 Å². The Morgan fingerprint density at radius 3 is 2.43 bits per heavy atom. The van der Waals surface area contributed by atoms with Gasteiger partial charge in [0.15, 0.2) is 0 Å². The van der Waals surface area contributed by atoms with Gasteiger partial charge in [0.25, 0.3) is 0 Å². The van der Waals surface area contributed by atoms with Crippen molar-refractivity contribution in [1.82, 2.24) is 5.32 Å². The van der Waals surface area contributed by atoms with Crippen molar-refractivity contribution in [3.8, 4) is 0 Å². The van der Waals surface area contributed by atoms with E-state index in [0.29, 0.717) is 6.04 Å². The van der Waals surface area contributed by atoms with Gasteiger partial charge in [-0.25, -0.2) is 0 Å². The minimum Gasteiger partial charge on any atom is -0.311 e. The first kappa shape index (κ1) is 14.1. The van der Waals surface area contributed by atoms with Gasteiger partial charge in [0, 0.05) is 18.3 Å². The van der Waals surface area contributed by atoms with Crippen LogP contribution in [0.3, 0.4) is 0 Å². The van der Waals surface area contributed by atoms with Crippen LogP contribution in [-0.2, 0) is 0 Å². The summed E-state index contributed by atoms with van der Waals surface area (Å²) in [6.07, 6.45) is 1.32. The lowest BCUT2D eigenvalue weighted by molar-refractivity contribution is 0.622. The quantitative estimate of drug-likeness (QED) is 0.492. The third-order valence-corrected chi connectivity index (χ3v) is 3.04. The molecule has 0 heterocycles. The van der Waals surface area contributed by atoms with Crippen LogP contribution in [0.1, 0.15) is 34.1 Å². The normalized spacial score (nSPS) is 11.3. The van der Waals surface area contributed by atoms with E-state index in [9.17, 15) is 0 Å². The Morgan fingerprint density at radius 1 is 1.29 bits per heavy atom. The van der Waals surface area contributed by atoms with E-state index in [1.807, 2.05) is 11.8 Å². The fourth-order valence-electron chi connectivity index (χ4n) is 0.935. The Labute approximate surface area is 93.7 Å². The number of nitrogens with one attached hydrogen (secondary N) is 1. The first-order valence-electron chi connectivity index (χ1n) is 5.50. The van der Waals surface area contributed by atoms with Gasteiger partial charge in [0.2, 0.25) is 0 Å². The molecule has 0 saturated carbocycles. The van der Waals surface area contributed by atoms with Crippen molar-refractivity contribution in [3.05, 3.63) is 12.2 Å². The summed E-state index contributed by atoms with van der Waals surface area (Å²) in [5, 5.41) is 3.38. The van der Waals surface area contributed by atoms with Gasteiger partial charge in [-0.1, -0.05) is 39.8 Å². The SMILES string of the molecule is C=C(CNC(C)C)CSCCC(C)C. The van der Waals surface area contributed by atoms with Gasteiger partial charge in [-0.15, -0.1) is 0 Å². The van der Waals surface area contributed by atoms with Crippen molar-refractivity contribution in [2.45, 2.75) is 40.2 Å². The van der Waals surface area contributed by atoms with Gasteiger partial charge in [-0.2, -0.15) is 11.8 Å². The van der Waals surface area contributed by atoms with Gasteiger partial charge >= 0.3 is 0 Å². The van der Waals surface area contributed by atoms with Gasteiger partial charge in [0.1, 0.15) is 0 Å². The van der Waals surface area contributed by atoms with Gasteiger partial charge in [-0.05, 0) is 18.1 Å². The summed E-state index contributed by atoms with van der Waals surface area (Å²) in [5.41, 5.74) is 1.31. The molecule has 0 saturated heterocycles. The van der Waals surface area contributed by atoms with E-state index in [1.54, 1.807) is 0 Å². The van der Waals surface area contributed by atoms with Crippen LogP contribution in [0.25, 0.3) is 0 Å². The highest BCUT2D eigenvalue weighted by Gasteiger charge is 1.98. The highest BCUT2D eigenvalue weighted by molar-refractivity contribution is 7.99. The highest BCUT2D eigenvalue weighted by atomic mass is 32.2. The maximum absolute atomic E-state index is 4.06. The Morgan fingerprint density at radius 2 is 1.93 bits per heavy atom. The van der Waals surface area contributed by atoms with Crippen LogP contribution in [0.5, 0.6) is 0 Å². The second kappa shape index (κ2) is 8.37. The van der Waals surface area contributed by atoms with E-state index >= 15 is 0 Å². The molecule has 0 spiro atoms. The van der Waals surface area contributed by atoms with E-state index in [2.05, 4.69) is 39.6 Å². The summed E-state index contributed by atoms with van der Waals surface area (Å²) in [7, 11) is 0. The Kier molecular flexibility index (Phi) is 8.40. The molecule has 1 nitrogen and oxygen atoms in total. The molecule has 0 rings (SSSR count). The molecule has 84 valence electrons. The fraction of sp³-hybridized carbons (Fsp3) is 0.833. The summed E-state index contributed by atoms with van der Waals surface area (Å²) < 4.78 is 0. The van der Waals surface area contributed by atoms with E-state index in [-0.39, 0.29) is 0 Å². The first-order chi connectivity index (χ1) is 6.52. The largest absolute Gasteiger partial charge is 0.311 e. The van der Waals surface area contributed by atoms with Crippen LogP contribution in [0.4, 0.5) is 0 Å². The van der Waals surface area contributed by atoms with E-state index < -0.39 is 0 Å². The van der Waals surface area contributed by atoms with Crippen molar-refractivity contribution < 1.29 is 0 Å². The second-order valence-electron chi connectivity index (χ2n) is 4.52. The van der Waals surface area contributed by atoms with Crippen LogP contribution in [0.2, 0.25) is 0 Å². The summed E-state index contributed by atoms with van der Waals surface area (Å²) in [6.45, 7) is 13.9. The molecular formula is C12H25NS. The molecule has 0 aliphatic rings. The highest BCUT2D eigenvalue weighted by Crippen LogP contribution is 2.11. The molecule has 14 heavy (non-hydrogen) atoms. The molecule has 0 aromatic rings. The lowest BCUT2D eigenvalue weighted by atomic mass is 10.2. The number of hydrogen-bond donors (Lipinski definition) is 1. The van der Waals surface area contributed by atoms with Crippen molar-refractivity contribution in [2.75, 3.05) is 18.1 Å². The van der Waals surface area contributed by atoms with Gasteiger partial charge < -0.3 is 5.32 Å². The van der Waals surface area contributed by atoms with Crippen LogP contribution in [-0.4, -0.2) is 24.1 Å². The summed E-state index contributed by atoms with van der Waals surface area (Å²) in [5.74, 6) is 3.19.